The number of nitro benzene ring substituents is 1. The monoisotopic (exact) mass is 343 g/mol. The second kappa shape index (κ2) is 8.44. The Morgan fingerprint density at radius 2 is 1.72 bits per heavy atom. The Morgan fingerprint density at radius 3 is 2.28 bits per heavy atom. The molecule has 0 saturated carbocycles. The molecule has 1 amide bonds. The summed E-state index contributed by atoms with van der Waals surface area (Å²) >= 11 is 0. The van der Waals surface area contributed by atoms with Crippen molar-refractivity contribution in [3.63, 3.8) is 0 Å². The van der Waals surface area contributed by atoms with Crippen LogP contribution in [-0.2, 0) is 4.79 Å². The van der Waals surface area contributed by atoms with Gasteiger partial charge in [0.1, 0.15) is 11.5 Å². The number of carbonyl (C=O) groups excluding carboxylic acids is 1. The molecule has 0 aliphatic rings. The zero-order chi connectivity index (χ0) is 18.2. The smallest absolute Gasteiger partial charge is 0.277 e. The minimum Gasteiger partial charge on any atom is -0.497 e. The lowest BCUT2D eigenvalue weighted by Crippen LogP contribution is -2.25. The van der Waals surface area contributed by atoms with Gasteiger partial charge in [-0.2, -0.15) is 5.10 Å². The van der Waals surface area contributed by atoms with E-state index in [1.807, 2.05) is 0 Å². The number of hydrogen-bond donors (Lipinski definition) is 1. The summed E-state index contributed by atoms with van der Waals surface area (Å²) in [5.74, 6) is 0.809. The molecule has 0 radical (unpaired) electrons. The topological polar surface area (TPSA) is 103 Å². The van der Waals surface area contributed by atoms with Crippen molar-refractivity contribution in [3.05, 3.63) is 64.2 Å². The summed E-state index contributed by atoms with van der Waals surface area (Å²) in [6.45, 7) is 1.50. The minimum atomic E-state index is -0.478. The van der Waals surface area contributed by atoms with Crippen molar-refractivity contribution in [2.75, 3.05) is 13.7 Å². The third-order valence-electron chi connectivity index (χ3n) is 3.27. The average Bonchev–Trinajstić information content (AvgIpc) is 2.64. The molecule has 0 aromatic heterocycles. The summed E-state index contributed by atoms with van der Waals surface area (Å²) in [4.78, 5) is 21.9. The number of nitro groups is 1. The highest BCUT2D eigenvalue weighted by Gasteiger charge is 2.06. The van der Waals surface area contributed by atoms with Crippen molar-refractivity contribution in [1.29, 1.82) is 0 Å². The van der Waals surface area contributed by atoms with Gasteiger partial charge < -0.3 is 9.47 Å². The number of carbonyl (C=O) groups is 1. The van der Waals surface area contributed by atoms with Gasteiger partial charge in [0.05, 0.1) is 17.7 Å². The SMILES string of the molecule is COc1ccc(OCC(=O)N/N=C(\C)c2ccc([N+](=O)[O-])cc2)cc1. The van der Waals surface area contributed by atoms with Crippen LogP contribution in [0.5, 0.6) is 11.5 Å². The van der Waals surface area contributed by atoms with Crippen molar-refractivity contribution in [1.82, 2.24) is 5.43 Å². The van der Waals surface area contributed by atoms with Crippen LogP contribution in [0.25, 0.3) is 0 Å². The van der Waals surface area contributed by atoms with E-state index in [1.165, 1.54) is 12.1 Å². The molecule has 0 spiro atoms. The fraction of sp³-hybridized carbons (Fsp3) is 0.176. The molecule has 25 heavy (non-hydrogen) atoms. The van der Waals surface area contributed by atoms with Crippen LogP contribution in [0.4, 0.5) is 5.69 Å². The Bertz CT molecular complexity index is 770. The molecule has 0 saturated heterocycles. The molecule has 0 unspecified atom stereocenters. The number of hydrazone groups is 1. The summed E-state index contributed by atoms with van der Waals surface area (Å²) < 4.78 is 10.4. The highest BCUT2D eigenvalue weighted by atomic mass is 16.6. The molecule has 1 N–H and O–H groups in total. The van der Waals surface area contributed by atoms with Crippen LogP contribution in [-0.4, -0.2) is 30.3 Å². The van der Waals surface area contributed by atoms with Crippen molar-refractivity contribution in [3.8, 4) is 11.5 Å². The average molecular weight is 343 g/mol. The number of benzene rings is 2. The Hall–Kier alpha value is -3.42. The number of rotatable bonds is 7. The first kappa shape index (κ1) is 17.9. The largest absolute Gasteiger partial charge is 0.497 e. The Morgan fingerprint density at radius 1 is 1.12 bits per heavy atom. The quantitative estimate of drug-likeness (QED) is 0.473. The van der Waals surface area contributed by atoms with Crippen LogP contribution in [0, 0.1) is 10.1 Å². The summed E-state index contributed by atoms with van der Waals surface area (Å²) in [7, 11) is 1.56. The molecular weight excluding hydrogens is 326 g/mol. The summed E-state index contributed by atoms with van der Waals surface area (Å²) in [5, 5.41) is 14.6. The van der Waals surface area contributed by atoms with Crippen LogP contribution in [0.2, 0.25) is 0 Å². The first-order chi connectivity index (χ1) is 12.0. The molecule has 0 fully saturated rings. The van der Waals surface area contributed by atoms with Gasteiger partial charge in [-0.15, -0.1) is 0 Å². The molecule has 130 valence electrons. The van der Waals surface area contributed by atoms with E-state index in [1.54, 1.807) is 50.4 Å². The van der Waals surface area contributed by atoms with Crippen molar-refractivity contribution >= 4 is 17.3 Å². The van der Waals surface area contributed by atoms with Crippen LogP contribution >= 0.6 is 0 Å². The van der Waals surface area contributed by atoms with E-state index >= 15 is 0 Å². The van der Waals surface area contributed by atoms with E-state index in [0.29, 0.717) is 22.8 Å². The van der Waals surface area contributed by atoms with Gasteiger partial charge >= 0.3 is 0 Å². The maximum atomic E-state index is 11.8. The van der Waals surface area contributed by atoms with Crippen LogP contribution in [0.1, 0.15) is 12.5 Å². The van der Waals surface area contributed by atoms with E-state index in [0.717, 1.165) is 0 Å². The number of non-ortho nitro benzene ring substituents is 1. The highest BCUT2D eigenvalue weighted by molar-refractivity contribution is 5.99. The molecule has 2 aromatic rings. The fourth-order valence-corrected chi connectivity index (χ4v) is 1.89. The molecule has 0 heterocycles. The Kier molecular flexibility index (Phi) is 6.05. The van der Waals surface area contributed by atoms with Gasteiger partial charge in [0, 0.05) is 12.1 Å². The van der Waals surface area contributed by atoms with Gasteiger partial charge in [0.15, 0.2) is 6.61 Å². The van der Waals surface area contributed by atoms with Gasteiger partial charge in [0.25, 0.3) is 11.6 Å². The van der Waals surface area contributed by atoms with E-state index in [9.17, 15) is 14.9 Å². The van der Waals surface area contributed by atoms with Gasteiger partial charge in [-0.3, -0.25) is 14.9 Å². The normalized spacial score (nSPS) is 10.9. The van der Waals surface area contributed by atoms with Gasteiger partial charge in [-0.25, -0.2) is 5.43 Å². The second-order valence-electron chi connectivity index (χ2n) is 5.00. The molecule has 8 nitrogen and oxygen atoms in total. The van der Waals surface area contributed by atoms with E-state index in [2.05, 4.69) is 10.5 Å². The third kappa shape index (κ3) is 5.31. The van der Waals surface area contributed by atoms with Gasteiger partial charge in [0.2, 0.25) is 0 Å². The Balaban J connectivity index is 1.86. The predicted molar refractivity (Wildman–Crippen MR) is 91.9 cm³/mol. The second-order valence-corrected chi connectivity index (χ2v) is 5.00. The van der Waals surface area contributed by atoms with E-state index < -0.39 is 10.8 Å². The standard InChI is InChI=1S/C17H17N3O5/c1-12(13-3-5-14(6-4-13)20(22)23)18-19-17(21)11-25-16-9-7-15(24-2)8-10-16/h3-10H,11H2,1-2H3,(H,19,21)/b18-12+. The van der Waals surface area contributed by atoms with E-state index in [-0.39, 0.29) is 12.3 Å². The lowest BCUT2D eigenvalue weighted by molar-refractivity contribution is -0.384. The number of ether oxygens (including phenoxy) is 2. The molecule has 8 heteroatoms. The minimum absolute atomic E-state index is 0.00604. The number of methoxy groups -OCH3 is 1. The molecular formula is C17H17N3O5. The number of amides is 1. The van der Waals surface area contributed by atoms with Crippen LogP contribution < -0.4 is 14.9 Å². The number of nitrogens with one attached hydrogen (secondary N) is 1. The fourth-order valence-electron chi connectivity index (χ4n) is 1.89. The summed E-state index contributed by atoms with van der Waals surface area (Å²) in [6, 6.07) is 12.7. The molecule has 0 bridgehead atoms. The van der Waals surface area contributed by atoms with Crippen molar-refractivity contribution < 1.29 is 19.2 Å². The molecule has 0 aliphatic carbocycles. The molecule has 2 aromatic carbocycles. The maximum absolute atomic E-state index is 11.8. The molecule has 0 atom stereocenters. The summed E-state index contributed by atoms with van der Waals surface area (Å²) in [6.07, 6.45) is 0. The van der Waals surface area contributed by atoms with Crippen molar-refractivity contribution in [2.24, 2.45) is 5.10 Å². The van der Waals surface area contributed by atoms with Crippen molar-refractivity contribution in [2.45, 2.75) is 6.92 Å². The van der Waals surface area contributed by atoms with Gasteiger partial charge in [-0.05, 0) is 48.9 Å². The maximum Gasteiger partial charge on any atom is 0.277 e. The van der Waals surface area contributed by atoms with Crippen LogP contribution in [0.3, 0.4) is 0 Å². The third-order valence-corrected chi connectivity index (χ3v) is 3.27. The number of hydrogen-bond acceptors (Lipinski definition) is 6. The zero-order valence-corrected chi connectivity index (χ0v) is 13.8. The zero-order valence-electron chi connectivity index (χ0n) is 13.8. The van der Waals surface area contributed by atoms with Gasteiger partial charge in [-0.1, -0.05) is 0 Å². The first-order valence-corrected chi connectivity index (χ1v) is 7.34. The summed E-state index contributed by atoms with van der Waals surface area (Å²) in [5.41, 5.74) is 3.56. The lowest BCUT2D eigenvalue weighted by Gasteiger charge is -2.06. The first-order valence-electron chi connectivity index (χ1n) is 7.34. The van der Waals surface area contributed by atoms with Crippen LogP contribution in [0.15, 0.2) is 53.6 Å². The Labute approximate surface area is 144 Å². The molecule has 0 aliphatic heterocycles. The number of nitrogens with zero attached hydrogens (tertiary/aromatic N) is 2. The predicted octanol–water partition coefficient (Wildman–Crippen LogP) is 2.52. The molecule has 2 rings (SSSR count). The lowest BCUT2D eigenvalue weighted by atomic mass is 10.1. The van der Waals surface area contributed by atoms with E-state index in [4.69, 9.17) is 9.47 Å². The highest BCUT2D eigenvalue weighted by Crippen LogP contribution is 2.16.